The van der Waals surface area contributed by atoms with Gasteiger partial charge in [0.15, 0.2) is 11.5 Å². The molecule has 2 aromatic heterocycles. The van der Waals surface area contributed by atoms with Gasteiger partial charge in [0, 0.05) is 54.3 Å². The highest BCUT2D eigenvalue weighted by molar-refractivity contribution is 6.01. The van der Waals surface area contributed by atoms with Crippen molar-refractivity contribution < 1.29 is 14.2 Å². The summed E-state index contributed by atoms with van der Waals surface area (Å²) in [5.74, 6) is 2.97. The molecule has 1 aliphatic carbocycles. The Morgan fingerprint density at radius 1 is 1.17 bits per heavy atom. The summed E-state index contributed by atoms with van der Waals surface area (Å²) in [4.78, 5) is 23.6. The topological polar surface area (TPSA) is 99.5 Å². The van der Waals surface area contributed by atoms with E-state index in [1.807, 2.05) is 0 Å². The van der Waals surface area contributed by atoms with Crippen LogP contribution in [0.5, 0.6) is 11.8 Å². The number of nitrogens with one attached hydrogen (secondary N) is 1. The first kappa shape index (κ1) is 25.9. The minimum atomic E-state index is -0.520. The zero-order chi connectivity index (χ0) is 28.3. The van der Waals surface area contributed by atoms with Crippen molar-refractivity contribution in [3.63, 3.8) is 0 Å². The first-order valence-corrected chi connectivity index (χ1v) is 14.1. The summed E-state index contributed by atoms with van der Waals surface area (Å²) in [6.07, 6.45) is 11.9. The summed E-state index contributed by atoms with van der Waals surface area (Å²) in [6, 6.07) is 7.05. The maximum absolute atomic E-state index is 14.7. The third-order valence-corrected chi connectivity index (χ3v) is 8.48. The summed E-state index contributed by atoms with van der Waals surface area (Å²) < 4.78 is 21.0. The van der Waals surface area contributed by atoms with Crippen molar-refractivity contribution in [1.82, 2.24) is 30.2 Å². The van der Waals surface area contributed by atoms with E-state index in [1.54, 1.807) is 18.3 Å². The number of rotatable bonds is 7. The maximum atomic E-state index is 14.7. The number of nitrogens with zero attached hydrogens (tertiary/aromatic N) is 6. The van der Waals surface area contributed by atoms with Crippen molar-refractivity contribution in [2.45, 2.75) is 37.8 Å². The van der Waals surface area contributed by atoms with E-state index >= 15 is 0 Å². The van der Waals surface area contributed by atoms with Gasteiger partial charge in [-0.3, -0.25) is 0 Å². The van der Waals surface area contributed by atoms with Gasteiger partial charge in [-0.1, -0.05) is 12.0 Å². The van der Waals surface area contributed by atoms with Crippen molar-refractivity contribution in [1.29, 1.82) is 0 Å². The highest BCUT2D eigenvalue weighted by atomic mass is 19.1. The number of phenolic OH excluding ortho intramolecular Hbond substituents is 1. The van der Waals surface area contributed by atoms with Crippen LogP contribution in [0.4, 0.5) is 10.2 Å². The minimum Gasteiger partial charge on any atom is -0.508 e. The number of anilines is 1. The van der Waals surface area contributed by atoms with Crippen molar-refractivity contribution in [3.05, 3.63) is 41.8 Å². The Labute approximate surface area is 237 Å². The van der Waals surface area contributed by atoms with E-state index in [-0.39, 0.29) is 28.6 Å². The molecule has 0 amide bonds. The van der Waals surface area contributed by atoms with E-state index in [4.69, 9.17) is 26.1 Å². The average Bonchev–Trinajstić information content (AvgIpc) is 3.63. The SMILES string of the molecule is C#Cc1c(F)ccc2cc(O)cc(-c3ncc4c(N5CC6CCC(C5)N6)nc(OCC5(CN(C)C)CC5)nc4n3)c12. The van der Waals surface area contributed by atoms with Gasteiger partial charge >= 0.3 is 6.01 Å². The first-order chi connectivity index (χ1) is 19.8. The number of hydrogen-bond acceptors (Lipinski definition) is 9. The molecule has 4 aromatic rings. The van der Waals surface area contributed by atoms with Gasteiger partial charge in [-0.05, 0) is 63.4 Å². The van der Waals surface area contributed by atoms with Gasteiger partial charge < -0.3 is 25.0 Å². The quantitative estimate of drug-likeness (QED) is 0.332. The lowest BCUT2D eigenvalue weighted by molar-refractivity contribution is 0.183. The highest BCUT2D eigenvalue weighted by Crippen LogP contribution is 2.46. The molecule has 2 unspecified atom stereocenters. The standard InChI is InChI=1S/C31H32FN7O2/c1-4-22-25(32)8-5-18-11-21(40)12-23(26(18)22)27-33-13-24-28(35-27)36-30(41-17-31(9-10-31)16-38(2)3)37-29(24)39-14-19-6-7-20(15-39)34-19/h1,5,8,11-13,19-20,34,40H,6-7,9-10,14-17H2,2-3H3. The van der Waals surface area contributed by atoms with Gasteiger partial charge in [-0.15, -0.1) is 6.42 Å². The molecule has 2 atom stereocenters. The fourth-order valence-corrected chi connectivity index (χ4v) is 6.44. The number of piperazine rings is 1. The summed E-state index contributed by atoms with van der Waals surface area (Å²) in [5, 5.41) is 15.9. The Hall–Kier alpha value is -4.07. The molecule has 0 radical (unpaired) electrons. The van der Waals surface area contributed by atoms with Gasteiger partial charge in [-0.25, -0.2) is 14.4 Å². The van der Waals surface area contributed by atoms with Crippen LogP contribution in [0.3, 0.4) is 0 Å². The minimum absolute atomic E-state index is 0.00471. The molecule has 41 heavy (non-hydrogen) atoms. The number of hydrogen-bond donors (Lipinski definition) is 2. The second-order valence-electron chi connectivity index (χ2n) is 12.0. The molecule has 2 saturated heterocycles. The zero-order valence-electron chi connectivity index (χ0n) is 23.2. The van der Waals surface area contributed by atoms with Gasteiger partial charge in [0.1, 0.15) is 17.4 Å². The largest absolute Gasteiger partial charge is 0.508 e. The summed E-state index contributed by atoms with van der Waals surface area (Å²) in [5.41, 5.74) is 1.07. The number of phenols is 1. The molecule has 9 nitrogen and oxygen atoms in total. The molecule has 2 aliphatic heterocycles. The fourth-order valence-electron chi connectivity index (χ4n) is 6.44. The smallest absolute Gasteiger partial charge is 0.320 e. The van der Waals surface area contributed by atoms with Gasteiger partial charge in [-0.2, -0.15) is 9.97 Å². The predicted octanol–water partition coefficient (Wildman–Crippen LogP) is 3.73. The fraction of sp³-hybridized carbons (Fsp3) is 0.419. The van der Waals surface area contributed by atoms with Crippen LogP contribution >= 0.6 is 0 Å². The molecule has 1 saturated carbocycles. The average molecular weight is 554 g/mol. The van der Waals surface area contributed by atoms with Crippen LogP contribution in [-0.2, 0) is 0 Å². The Morgan fingerprint density at radius 2 is 1.95 bits per heavy atom. The summed E-state index contributed by atoms with van der Waals surface area (Å²) in [6.45, 7) is 3.13. The summed E-state index contributed by atoms with van der Waals surface area (Å²) in [7, 11) is 4.15. The number of fused-ring (bicyclic) bond motifs is 4. The molecule has 0 spiro atoms. The monoisotopic (exact) mass is 553 g/mol. The van der Waals surface area contributed by atoms with Crippen LogP contribution in [0.1, 0.15) is 31.2 Å². The predicted molar refractivity (Wildman–Crippen MR) is 156 cm³/mol. The summed E-state index contributed by atoms with van der Waals surface area (Å²) >= 11 is 0. The lowest BCUT2D eigenvalue weighted by Crippen LogP contribution is -2.51. The molecule has 10 heteroatoms. The molecular formula is C31H32FN7O2. The Kier molecular flexibility index (Phi) is 6.17. The molecule has 3 fully saturated rings. The molecule has 2 bridgehead atoms. The van der Waals surface area contributed by atoms with Crippen LogP contribution < -0.4 is 15.0 Å². The molecular weight excluding hydrogens is 521 g/mol. The van der Waals surface area contributed by atoms with E-state index in [1.165, 1.54) is 12.1 Å². The zero-order valence-corrected chi connectivity index (χ0v) is 23.2. The number of ether oxygens (including phenoxy) is 1. The molecule has 210 valence electrons. The second kappa shape index (κ2) is 9.79. The van der Waals surface area contributed by atoms with Crippen LogP contribution in [0, 0.1) is 23.6 Å². The Balaban J connectivity index is 1.34. The van der Waals surface area contributed by atoms with E-state index in [2.05, 4.69) is 40.1 Å². The number of terminal acetylenes is 1. The second-order valence-corrected chi connectivity index (χ2v) is 12.0. The van der Waals surface area contributed by atoms with Crippen molar-refractivity contribution in [2.24, 2.45) is 5.41 Å². The van der Waals surface area contributed by atoms with E-state index in [0.29, 0.717) is 46.1 Å². The van der Waals surface area contributed by atoms with Crippen LogP contribution in [-0.4, -0.2) is 82.4 Å². The van der Waals surface area contributed by atoms with E-state index in [0.717, 1.165) is 51.1 Å². The van der Waals surface area contributed by atoms with Crippen molar-refractivity contribution in [2.75, 3.05) is 45.2 Å². The third kappa shape index (κ3) is 4.79. The normalized spacial score (nSPS) is 21.0. The van der Waals surface area contributed by atoms with Crippen LogP contribution in [0.25, 0.3) is 33.2 Å². The molecule has 3 aliphatic rings. The van der Waals surface area contributed by atoms with E-state index < -0.39 is 5.82 Å². The van der Waals surface area contributed by atoms with Gasteiger partial charge in [0.25, 0.3) is 0 Å². The number of aromatic hydroxyl groups is 1. The molecule has 2 N–H and O–H groups in total. The van der Waals surface area contributed by atoms with Crippen molar-refractivity contribution in [3.8, 4) is 35.5 Å². The van der Waals surface area contributed by atoms with Gasteiger partial charge in [0.2, 0.25) is 0 Å². The lowest BCUT2D eigenvalue weighted by atomic mass is 9.98. The molecule has 7 rings (SSSR count). The Morgan fingerprint density at radius 3 is 2.66 bits per heavy atom. The van der Waals surface area contributed by atoms with Crippen LogP contribution in [0.2, 0.25) is 0 Å². The van der Waals surface area contributed by atoms with Crippen molar-refractivity contribution >= 4 is 27.6 Å². The third-order valence-electron chi connectivity index (χ3n) is 8.48. The molecule has 4 heterocycles. The maximum Gasteiger partial charge on any atom is 0.320 e. The molecule has 2 aromatic carbocycles. The number of halogens is 1. The van der Waals surface area contributed by atoms with Gasteiger partial charge in [0.05, 0.1) is 17.6 Å². The van der Waals surface area contributed by atoms with Crippen LogP contribution in [0.15, 0.2) is 30.5 Å². The highest BCUT2D eigenvalue weighted by Gasteiger charge is 2.44. The lowest BCUT2D eigenvalue weighted by Gasteiger charge is -2.34. The Bertz CT molecular complexity index is 1700. The number of benzene rings is 2. The van der Waals surface area contributed by atoms with E-state index in [9.17, 15) is 9.50 Å². The first-order valence-electron chi connectivity index (χ1n) is 14.1. The number of aromatic nitrogens is 4.